The first-order valence-electron chi connectivity index (χ1n) is 9.49. The van der Waals surface area contributed by atoms with Crippen LogP contribution in [-0.2, 0) is 6.54 Å². The highest BCUT2D eigenvalue weighted by Gasteiger charge is 2.23. The minimum absolute atomic E-state index is 0.0461. The third-order valence-electron chi connectivity index (χ3n) is 5.00. The van der Waals surface area contributed by atoms with E-state index in [0.717, 1.165) is 42.1 Å². The number of fused-ring (bicyclic) bond motifs is 1. The summed E-state index contributed by atoms with van der Waals surface area (Å²) in [5.74, 6) is 0. The fraction of sp³-hybridized carbons (Fsp3) is 0.350. The molecule has 2 aromatic heterocycles. The van der Waals surface area contributed by atoms with E-state index in [1.807, 2.05) is 35.7 Å². The summed E-state index contributed by atoms with van der Waals surface area (Å²) in [5.41, 5.74) is 1.51. The molecule has 1 aliphatic rings. The van der Waals surface area contributed by atoms with Crippen LogP contribution in [0.1, 0.15) is 25.0 Å². The molecule has 0 bridgehead atoms. The molecule has 3 aromatic rings. The normalized spacial score (nSPS) is 17.5. The number of anilines is 1. The van der Waals surface area contributed by atoms with E-state index in [-0.39, 0.29) is 17.6 Å². The summed E-state index contributed by atoms with van der Waals surface area (Å²) in [5, 5.41) is 7.69. The fourth-order valence-corrected chi connectivity index (χ4v) is 4.32. The number of benzene rings is 1. The third kappa shape index (κ3) is 4.40. The number of nitrogens with one attached hydrogen (secondary N) is 2. The number of hydrogen-bond donors (Lipinski definition) is 2. The summed E-state index contributed by atoms with van der Waals surface area (Å²) in [4.78, 5) is 32.1. The molecule has 7 nitrogen and oxygen atoms in total. The summed E-state index contributed by atoms with van der Waals surface area (Å²) in [7, 11) is 0. The number of rotatable bonds is 5. The zero-order valence-electron chi connectivity index (χ0n) is 15.5. The Hall–Kier alpha value is -2.71. The molecule has 2 amide bonds. The average molecular weight is 398 g/mol. The van der Waals surface area contributed by atoms with Gasteiger partial charge in [0.2, 0.25) is 0 Å². The van der Waals surface area contributed by atoms with E-state index in [2.05, 4.69) is 20.5 Å². The van der Waals surface area contributed by atoms with Gasteiger partial charge in [-0.15, -0.1) is 11.3 Å². The number of hydrogen-bond acceptors (Lipinski definition) is 5. The van der Waals surface area contributed by atoms with Crippen molar-refractivity contribution in [2.24, 2.45) is 0 Å². The van der Waals surface area contributed by atoms with Gasteiger partial charge in [-0.1, -0.05) is 24.6 Å². The van der Waals surface area contributed by atoms with Gasteiger partial charge in [-0.05, 0) is 31.5 Å². The van der Waals surface area contributed by atoms with Crippen molar-refractivity contribution >= 4 is 28.0 Å². The van der Waals surface area contributed by atoms with Crippen molar-refractivity contribution in [1.29, 1.82) is 0 Å². The maximum atomic E-state index is 12.2. The van der Waals surface area contributed by atoms with Gasteiger partial charge < -0.3 is 10.6 Å². The summed E-state index contributed by atoms with van der Waals surface area (Å²) < 4.78 is 1.57. The molecule has 1 aliphatic heterocycles. The Kier molecular flexibility index (Phi) is 5.68. The number of carbonyl (C=O) groups excluding carboxylic acids is 1. The third-order valence-corrected chi connectivity index (χ3v) is 5.76. The lowest BCUT2D eigenvalue weighted by molar-refractivity contribution is 0.137. The van der Waals surface area contributed by atoms with Crippen LogP contribution in [0.4, 0.5) is 10.5 Å². The Labute approximate surface area is 167 Å². The summed E-state index contributed by atoms with van der Waals surface area (Å²) in [6, 6.07) is 11.1. The van der Waals surface area contributed by atoms with Crippen molar-refractivity contribution in [1.82, 2.24) is 19.6 Å². The molecule has 8 heteroatoms. The topological polar surface area (TPSA) is 78.7 Å². The van der Waals surface area contributed by atoms with Gasteiger partial charge in [0.05, 0.1) is 5.69 Å². The Morgan fingerprint density at radius 2 is 2.11 bits per heavy atom. The minimum atomic E-state index is -0.201. The molecular weight excluding hydrogens is 374 g/mol. The summed E-state index contributed by atoms with van der Waals surface area (Å²) >= 11 is 1.46. The lowest BCUT2D eigenvalue weighted by Crippen LogP contribution is -2.47. The number of urea groups is 1. The van der Waals surface area contributed by atoms with Gasteiger partial charge in [0.15, 0.2) is 4.96 Å². The van der Waals surface area contributed by atoms with Crippen molar-refractivity contribution in [3.8, 4) is 0 Å². The van der Waals surface area contributed by atoms with Gasteiger partial charge in [0.1, 0.15) is 0 Å². The van der Waals surface area contributed by atoms with Crippen molar-refractivity contribution in [3.05, 3.63) is 64.0 Å². The molecule has 1 atom stereocenters. The molecule has 0 saturated carbocycles. The number of piperidine rings is 1. The van der Waals surface area contributed by atoms with Crippen LogP contribution in [0.2, 0.25) is 0 Å². The molecule has 0 radical (unpaired) electrons. The van der Waals surface area contributed by atoms with Crippen LogP contribution in [0, 0.1) is 0 Å². The quantitative estimate of drug-likeness (QED) is 0.694. The number of thiazole rings is 1. The smallest absolute Gasteiger partial charge is 0.319 e. The molecule has 146 valence electrons. The molecular formula is C20H23N5O2S. The lowest BCUT2D eigenvalue weighted by Gasteiger charge is -2.35. The van der Waals surface area contributed by atoms with Crippen molar-refractivity contribution in [2.75, 3.05) is 18.4 Å². The molecule has 0 aliphatic carbocycles. The van der Waals surface area contributed by atoms with Crippen LogP contribution in [-0.4, -0.2) is 39.4 Å². The van der Waals surface area contributed by atoms with Gasteiger partial charge in [-0.3, -0.25) is 14.1 Å². The monoisotopic (exact) mass is 397 g/mol. The first kappa shape index (κ1) is 18.6. The van der Waals surface area contributed by atoms with E-state index in [1.54, 1.807) is 16.7 Å². The number of carbonyl (C=O) groups is 1. The van der Waals surface area contributed by atoms with Gasteiger partial charge >= 0.3 is 6.03 Å². The number of amides is 2. The molecule has 2 N–H and O–H groups in total. The predicted molar refractivity (Wildman–Crippen MR) is 111 cm³/mol. The van der Waals surface area contributed by atoms with Crippen LogP contribution in [0.15, 0.2) is 52.8 Å². The van der Waals surface area contributed by atoms with Crippen LogP contribution >= 0.6 is 11.3 Å². The molecule has 28 heavy (non-hydrogen) atoms. The van der Waals surface area contributed by atoms with E-state index in [1.165, 1.54) is 11.3 Å². The summed E-state index contributed by atoms with van der Waals surface area (Å²) in [6.07, 6.45) is 5.03. The molecule has 4 rings (SSSR count). The van der Waals surface area contributed by atoms with Crippen molar-refractivity contribution in [2.45, 2.75) is 31.8 Å². The number of para-hydroxylation sites is 1. The van der Waals surface area contributed by atoms with Crippen LogP contribution in [0.5, 0.6) is 0 Å². The zero-order chi connectivity index (χ0) is 19.3. The Balaban J connectivity index is 1.38. The maximum absolute atomic E-state index is 12.2. The first-order valence-corrected chi connectivity index (χ1v) is 10.4. The summed E-state index contributed by atoms with van der Waals surface area (Å²) in [6.45, 7) is 2.13. The first-order chi connectivity index (χ1) is 13.7. The predicted octanol–water partition coefficient (Wildman–Crippen LogP) is 2.93. The molecule has 0 spiro atoms. The van der Waals surface area contributed by atoms with E-state index < -0.39 is 0 Å². The molecule has 1 unspecified atom stereocenters. The largest absolute Gasteiger partial charge is 0.336 e. The van der Waals surface area contributed by atoms with Gasteiger partial charge in [0.25, 0.3) is 5.56 Å². The second-order valence-electron chi connectivity index (χ2n) is 6.96. The second kappa shape index (κ2) is 8.53. The van der Waals surface area contributed by atoms with Crippen LogP contribution in [0.25, 0.3) is 4.96 Å². The SMILES string of the molecule is O=C(NCC1CCCCN1Cc1cc(=O)n2ccsc2n1)Nc1ccccc1. The zero-order valence-corrected chi connectivity index (χ0v) is 16.3. The average Bonchev–Trinajstić information content (AvgIpc) is 3.17. The Morgan fingerprint density at radius 1 is 1.25 bits per heavy atom. The van der Waals surface area contributed by atoms with E-state index in [9.17, 15) is 9.59 Å². The second-order valence-corrected chi connectivity index (χ2v) is 7.84. The highest BCUT2D eigenvalue weighted by Crippen LogP contribution is 2.19. The molecule has 1 fully saturated rings. The standard InChI is InChI=1S/C20H23N5O2S/c26-18-12-16(23-20-25(18)10-11-28-20)14-24-9-5-4-8-17(24)13-21-19(27)22-15-6-2-1-3-7-15/h1-3,6-7,10-12,17H,4-5,8-9,13-14H2,(H2,21,22,27). The van der Waals surface area contributed by atoms with E-state index in [4.69, 9.17) is 0 Å². The highest BCUT2D eigenvalue weighted by atomic mass is 32.1. The van der Waals surface area contributed by atoms with E-state index in [0.29, 0.717) is 13.1 Å². The highest BCUT2D eigenvalue weighted by molar-refractivity contribution is 7.15. The van der Waals surface area contributed by atoms with Gasteiger partial charge in [-0.2, -0.15) is 0 Å². The maximum Gasteiger partial charge on any atom is 0.319 e. The fourth-order valence-electron chi connectivity index (χ4n) is 3.58. The Bertz CT molecular complexity index is 1000. The minimum Gasteiger partial charge on any atom is -0.336 e. The lowest BCUT2D eigenvalue weighted by atomic mass is 10.0. The molecule has 1 aromatic carbocycles. The Morgan fingerprint density at radius 3 is 2.96 bits per heavy atom. The van der Waals surface area contributed by atoms with Crippen molar-refractivity contribution < 1.29 is 4.79 Å². The van der Waals surface area contributed by atoms with Crippen LogP contribution < -0.4 is 16.2 Å². The number of aromatic nitrogens is 2. The van der Waals surface area contributed by atoms with Gasteiger partial charge in [-0.25, -0.2) is 9.78 Å². The molecule has 1 saturated heterocycles. The van der Waals surface area contributed by atoms with E-state index >= 15 is 0 Å². The number of nitrogens with zero attached hydrogens (tertiary/aromatic N) is 3. The van der Waals surface area contributed by atoms with Gasteiger partial charge in [0, 0.05) is 42.5 Å². The van der Waals surface area contributed by atoms with Crippen molar-refractivity contribution in [3.63, 3.8) is 0 Å². The number of likely N-dealkylation sites (tertiary alicyclic amines) is 1. The molecule has 3 heterocycles. The van der Waals surface area contributed by atoms with Crippen LogP contribution in [0.3, 0.4) is 0 Å².